The molecule has 1 aliphatic carbocycles. The highest BCUT2D eigenvalue weighted by Gasteiger charge is 2.37. The number of nitrogens with one attached hydrogen (secondary N) is 2. The molecule has 2 aliphatic rings. The molecule has 2 fully saturated rings. The van der Waals surface area contributed by atoms with Gasteiger partial charge in [0.2, 0.25) is 0 Å². The lowest BCUT2D eigenvalue weighted by Crippen LogP contribution is -2.46. The smallest absolute Gasteiger partial charge is 0.314 e. The van der Waals surface area contributed by atoms with Crippen LogP contribution in [-0.2, 0) is 6.18 Å². The average molecular weight is 389 g/mol. The number of rotatable bonds is 6. The van der Waals surface area contributed by atoms with Gasteiger partial charge in [0, 0.05) is 51.2 Å². The van der Waals surface area contributed by atoms with Gasteiger partial charge in [0.05, 0.1) is 5.56 Å². The molecule has 6 heteroatoms. The van der Waals surface area contributed by atoms with E-state index in [-0.39, 0.29) is 0 Å². The fourth-order valence-electron chi connectivity index (χ4n) is 3.93. The van der Waals surface area contributed by atoms with Crippen LogP contribution in [0.5, 0.6) is 0 Å². The predicted molar refractivity (Wildman–Crippen MR) is 105 cm³/mol. The van der Waals surface area contributed by atoms with Gasteiger partial charge < -0.3 is 10.6 Å². The average Bonchev–Trinajstić information content (AvgIpc) is 3.48. The van der Waals surface area contributed by atoms with E-state index in [1.807, 2.05) is 12.1 Å². The molecule has 2 atom stereocenters. The molecule has 150 valence electrons. The fourth-order valence-corrected chi connectivity index (χ4v) is 3.93. The first-order valence-corrected chi connectivity index (χ1v) is 9.95. The zero-order chi connectivity index (χ0) is 19.6. The molecule has 2 N–H and O–H groups in total. The Balaban J connectivity index is 1.31. The quantitative estimate of drug-likeness (QED) is 0.789. The molecule has 0 bridgehead atoms. The highest BCUT2D eigenvalue weighted by atomic mass is 19.4. The maximum Gasteiger partial charge on any atom is 0.416 e. The molecular weight excluding hydrogens is 363 g/mol. The molecule has 1 heterocycles. The van der Waals surface area contributed by atoms with Crippen LogP contribution in [-0.4, -0.2) is 50.2 Å². The minimum atomic E-state index is -4.31. The van der Waals surface area contributed by atoms with Crippen molar-refractivity contribution in [2.24, 2.45) is 0 Å². The summed E-state index contributed by atoms with van der Waals surface area (Å²) in [7, 11) is 0. The Morgan fingerprint density at radius 3 is 2.46 bits per heavy atom. The molecule has 1 unspecified atom stereocenters. The van der Waals surface area contributed by atoms with Crippen LogP contribution in [0.1, 0.15) is 23.5 Å². The molecule has 2 aromatic rings. The van der Waals surface area contributed by atoms with Crippen LogP contribution in [0.3, 0.4) is 0 Å². The zero-order valence-electron chi connectivity index (χ0n) is 15.8. The van der Waals surface area contributed by atoms with Crippen LogP contribution in [0, 0.1) is 0 Å². The molecule has 0 spiro atoms. The first kappa shape index (κ1) is 19.4. The molecule has 0 radical (unpaired) electrons. The van der Waals surface area contributed by atoms with Crippen molar-refractivity contribution in [3.8, 4) is 11.1 Å². The Bertz CT molecular complexity index is 782. The Morgan fingerprint density at radius 2 is 1.75 bits per heavy atom. The van der Waals surface area contributed by atoms with Crippen molar-refractivity contribution in [1.29, 1.82) is 0 Å². The first-order chi connectivity index (χ1) is 13.5. The third kappa shape index (κ3) is 4.74. The molecular formula is C22H26F3N3. The highest BCUT2D eigenvalue weighted by molar-refractivity contribution is 5.65. The lowest BCUT2D eigenvalue weighted by molar-refractivity contribution is -0.137. The molecule has 2 aromatic carbocycles. The van der Waals surface area contributed by atoms with Crippen molar-refractivity contribution in [3.63, 3.8) is 0 Å². The molecule has 0 amide bonds. The van der Waals surface area contributed by atoms with E-state index < -0.39 is 11.7 Å². The summed E-state index contributed by atoms with van der Waals surface area (Å²) in [5.41, 5.74) is 2.07. The van der Waals surface area contributed by atoms with Crippen LogP contribution < -0.4 is 10.6 Å². The van der Waals surface area contributed by atoms with Gasteiger partial charge in [-0.15, -0.1) is 0 Å². The van der Waals surface area contributed by atoms with Gasteiger partial charge in [0.1, 0.15) is 0 Å². The maximum absolute atomic E-state index is 12.9. The molecule has 1 aliphatic heterocycles. The largest absolute Gasteiger partial charge is 0.416 e. The standard InChI is InChI=1S/C22H26F3N3/c23-22(24,25)19-3-1-2-18(14-19)16-4-6-17(7-5-16)20-15-21(20)27-10-13-28-11-8-26-9-12-28/h1-7,14,20-21,26-27H,8-13,15H2/t20?,21-/m0/s1. The summed E-state index contributed by atoms with van der Waals surface area (Å²) in [6.45, 7) is 6.47. The van der Waals surface area contributed by atoms with Crippen LogP contribution in [0.15, 0.2) is 48.5 Å². The van der Waals surface area contributed by atoms with Crippen LogP contribution in [0.25, 0.3) is 11.1 Å². The van der Waals surface area contributed by atoms with Gasteiger partial charge in [-0.05, 0) is 35.2 Å². The Kier molecular flexibility index (Phi) is 5.71. The molecule has 4 rings (SSSR count). The maximum atomic E-state index is 12.9. The Morgan fingerprint density at radius 1 is 1.00 bits per heavy atom. The summed E-state index contributed by atoms with van der Waals surface area (Å²) in [5, 5.41) is 7.00. The fraction of sp³-hybridized carbons (Fsp3) is 0.455. The summed E-state index contributed by atoms with van der Waals surface area (Å²) >= 11 is 0. The Hall–Kier alpha value is -1.89. The summed E-state index contributed by atoms with van der Waals surface area (Å²) in [6, 6.07) is 14.0. The first-order valence-electron chi connectivity index (χ1n) is 9.95. The second kappa shape index (κ2) is 8.23. The van der Waals surface area contributed by atoms with Crippen LogP contribution >= 0.6 is 0 Å². The van der Waals surface area contributed by atoms with Gasteiger partial charge in [0.25, 0.3) is 0 Å². The Labute approximate surface area is 163 Å². The molecule has 28 heavy (non-hydrogen) atoms. The van der Waals surface area contributed by atoms with Crippen LogP contribution in [0.4, 0.5) is 13.2 Å². The number of piperazine rings is 1. The highest BCUT2D eigenvalue weighted by Crippen LogP contribution is 2.41. The normalized spacial score (nSPS) is 23.0. The van der Waals surface area contributed by atoms with E-state index in [1.54, 1.807) is 6.07 Å². The number of halogens is 3. The number of hydrogen-bond acceptors (Lipinski definition) is 3. The van der Waals surface area contributed by atoms with E-state index in [2.05, 4.69) is 27.7 Å². The van der Waals surface area contributed by atoms with Crippen LogP contribution in [0.2, 0.25) is 0 Å². The van der Waals surface area contributed by atoms with Gasteiger partial charge in [-0.3, -0.25) is 4.90 Å². The number of hydrogen-bond donors (Lipinski definition) is 2. The lowest BCUT2D eigenvalue weighted by Gasteiger charge is -2.27. The van der Waals surface area contributed by atoms with Crippen molar-refractivity contribution in [1.82, 2.24) is 15.5 Å². The number of benzene rings is 2. The van der Waals surface area contributed by atoms with Gasteiger partial charge in [-0.1, -0.05) is 36.4 Å². The van der Waals surface area contributed by atoms with Crippen molar-refractivity contribution >= 4 is 0 Å². The number of nitrogens with zero attached hydrogens (tertiary/aromatic N) is 1. The molecule has 1 saturated heterocycles. The second-order valence-electron chi connectivity index (χ2n) is 7.70. The van der Waals surface area contributed by atoms with Crippen molar-refractivity contribution in [2.75, 3.05) is 39.3 Å². The molecule has 3 nitrogen and oxygen atoms in total. The van der Waals surface area contributed by atoms with E-state index in [0.717, 1.165) is 57.3 Å². The minimum Gasteiger partial charge on any atom is -0.314 e. The van der Waals surface area contributed by atoms with Gasteiger partial charge in [0.15, 0.2) is 0 Å². The van der Waals surface area contributed by atoms with E-state index in [4.69, 9.17) is 0 Å². The van der Waals surface area contributed by atoms with E-state index in [9.17, 15) is 13.2 Å². The second-order valence-corrected chi connectivity index (χ2v) is 7.70. The predicted octanol–water partition coefficient (Wildman–Crippen LogP) is 3.72. The lowest BCUT2D eigenvalue weighted by atomic mass is 10.0. The molecule has 1 saturated carbocycles. The van der Waals surface area contributed by atoms with E-state index >= 15 is 0 Å². The van der Waals surface area contributed by atoms with E-state index in [0.29, 0.717) is 17.5 Å². The minimum absolute atomic E-state index is 0.513. The SMILES string of the molecule is FC(F)(F)c1cccc(-c2ccc(C3C[C@@H]3NCCN3CCNCC3)cc2)c1. The van der Waals surface area contributed by atoms with Gasteiger partial charge >= 0.3 is 6.18 Å². The topological polar surface area (TPSA) is 27.3 Å². The third-order valence-electron chi connectivity index (χ3n) is 5.70. The van der Waals surface area contributed by atoms with E-state index in [1.165, 1.54) is 17.7 Å². The van der Waals surface area contributed by atoms with Gasteiger partial charge in [-0.25, -0.2) is 0 Å². The third-order valence-corrected chi connectivity index (χ3v) is 5.70. The summed E-state index contributed by atoms with van der Waals surface area (Å²) in [4.78, 5) is 2.48. The van der Waals surface area contributed by atoms with Gasteiger partial charge in [-0.2, -0.15) is 13.2 Å². The summed E-state index contributed by atoms with van der Waals surface area (Å²) in [5.74, 6) is 0.513. The van der Waals surface area contributed by atoms with Crippen molar-refractivity contribution < 1.29 is 13.2 Å². The summed E-state index contributed by atoms with van der Waals surface area (Å²) < 4.78 is 38.7. The molecule has 0 aromatic heterocycles. The number of alkyl halides is 3. The monoisotopic (exact) mass is 389 g/mol. The van der Waals surface area contributed by atoms with Crippen molar-refractivity contribution in [2.45, 2.75) is 24.6 Å². The summed E-state index contributed by atoms with van der Waals surface area (Å²) in [6.07, 6.45) is -3.18. The van der Waals surface area contributed by atoms with Crippen molar-refractivity contribution in [3.05, 3.63) is 59.7 Å². The zero-order valence-corrected chi connectivity index (χ0v) is 15.8.